The first-order valence-electron chi connectivity index (χ1n) is 6.81. The highest BCUT2D eigenvalue weighted by Crippen LogP contribution is 2.22. The molecular weight excluding hydrogens is 351 g/mol. The van der Waals surface area contributed by atoms with E-state index in [1.807, 2.05) is 4.90 Å². The summed E-state index contributed by atoms with van der Waals surface area (Å²) in [5.41, 5.74) is 0. The average molecular weight is 369 g/mol. The predicted octanol–water partition coefficient (Wildman–Crippen LogP) is 0.965. The van der Waals surface area contributed by atoms with Crippen LogP contribution in [0.5, 0.6) is 0 Å². The number of hydrogen-bond acceptors (Lipinski definition) is 5. The van der Waals surface area contributed by atoms with Gasteiger partial charge in [0.15, 0.2) is 0 Å². The van der Waals surface area contributed by atoms with Gasteiger partial charge in [-0.2, -0.15) is 0 Å². The van der Waals surface area contributed by atoms with Gasteiger partial charge in [-0.15, -0.1) is 0 Å². The molecule has 0 radical (unpaired) electrons. The maximum absolute atomic E-state index is 12.2. The van der Waals surface area contributed by atoms with Crippen LogP contribution in [0.4, 0.5) is 0 Å². The van der Waals surface area contributed by atoms with Crippen LogP contribution in [0.2, 0.25) is 10.0 Å². The van der Waals surface area contributed by atoms with Gasteiger partial charge in [-0.3, -0.25) is 4.90 Å². The quantitative estimate of drug-likeness (QED) is 0.781. The monoisotopic (exact) mass is 368 g/mol. The van der Waals surface area contributed by atoms with E-state index in [1.165, 1.54) is 18.2 Å². The van der Waals surface area contributed by atoms with Crippen molar-refractivity contribution in [3.8, 4) is 0 Å². The highest BCUT2D eigenvalue weighted by atomic mass is 35.5. The van der Waals surface area contributed by atoms with E-state index in [4.69, 9.17) is 27.9 Å². The molecule has 0 bridgehead atoms. The van der Waals surface area contributed by atoms with Crippen LogP contribution < -0.4 is 4.72 Å². The van der Waals surface area contributed by atoms with Gasteiger partial charge in [0, 0.05) is 36.2 Å². The van der Waals surface area contributed by atoms with Crippen molar-refractivity contribution in [2.45, 2.75) is 11.0 Å². The van der Waals surface area contributed by atoms with Gasteiger partial charge in [0.1, 0.15) is 0 Å². The van der Waals surface area contributed by atoms with Crippen LogP contribution in [-0.4, -0.2) is 63.9 Å². The molecule has 0 spiro atoms. The van der Waals surface area contributed by atoms with Gasteiger partial charge in [-0.25, -0.2) is 13.1 Å². The van der Waals surface area contributed by atoms with E-state index in [9.17, 15) is 13.5 Å². The Balaban J connectivity index is 1.91. The van der Waals surface area contributed by atoms with Gasteiger partial charge in [0.05, 0.1) is 24.2 Å². The molecule has 1 aliphatic rings. The van der Waals surface area contributed by atoms with E-state index < -0.39 is 16.1 Å². The smallest absolute Gasteiger partial charge is 0.240 e. The second-order valence-electron chi connectivity index (χ2n) is 5.02. The van der Waals surface area contributed by atoms with E-state index in [1.54, 1.807) is 0 Å². The summed E-state index contributed by atoms with van der Waals surface area (Å²) in [4.78, 5) is 2.00. The number of benzene rings is 1. The molecule has 6 nitrogen and oxygen atoms in total. The molecular formula is C13H18Cl2N2O4S. The zero-order chi connectivity index (χ0) is 16.2. The number of rotatable bonds is 6. The van der Waals surface area contributed by atoms with Crippen molar-refractivity contribution in [3.05, 3.63) is 28.2 Å². The molecule has 0 aliphatic carbocycles. The van der Waals surface area contributed by atoms with E-state index >= 15 is 0 Å². The summed E-state index contributed by atoms with van der Waals surface area (Å²) in [5.74, 6) is 0. The Labute approximate surface area is 140 Å². The zero-order valence-electron chi connectivity index (χ0n) is 11.8. The molecule has 1 aromatic rings. The number of aliphatic hydroxyl groups excluding tert-OH is 1. The first-order chi connectivity index (χ1) is 10.4. The van der Waals surface area contributed by atoms with E-state index in [0.29, 0.717) is 19.8 Å². The first kappa shape index (κ1) is 17.9. The lowest BCUT2D eigenvalue weighted by Crippen LogP contribution is -2.44. The number of nitrogens with one attached hydrogen (secondary N) is 1. The molecule has 1 fully saturated rings. The minimum absolute atomic E-state index is 0.0245. The predicted molar refractivity (Wildman–Crippen MR) is 84.9 cm³/mol. The Morgan fingerprint density at radius 2 is 1.82 bits per heavy atom. The lowest BCUT2D eigenvalue weighted by Gasteiger charge is -2.28. The molecule has 1 saturated heterocycles. The molecule has 1 heterocycles. The molecule has 2 N–H and O–H groups in total. The largest absolute Gasteiger partial charge is 0.390 e. The van der Waals surface area contributed by atoms with E-state index in [0.717, 1.165) is 13.1 Å². The Hall–Kier alpha value is -0.410. The van der Waals surface area contributed by atoms with Crippen LogP contribution in [0.15, 0.2) is 23.1 Å². The summed E-state index contributed by atoms with van der Waals surface area (Å²) in [6.07, 6.45) is -0.803. The van der Waals surface area contributed by atoms with Crippen LogP contribution >= 0.6 is 23.2 Å². The van der Waals surface area contributed by atoms with Crippen LogP contribution in [-0.2, 0) is 14.8 Å². The molecule has 2 rings (SSSR count). The Bertz CT molecular complexity index is 586. The summed E-state index contributed by atoms with van der Waals surface area (Å²) in [5, 5.41) is 10.4. The maximum Gasteiger partial charge on any atom is 0.240 e. The lowest BCUT2D eigenvalue weighted by atomic mass is 10.3. The molecule has 1 unspecified atom stereocenters. The number of ether oxygens (including phenoxy) is 1. The fourth-order valence-corrected chi connectivity index (χ4v) is 3.92. The van der Waals surface area contributed by atoms with Crippen molar-refractivity contribution < 1.29 is 18.3 Å². The number of morpholine rings is 1. The van der Waals surface area contributed by atoms with Crippen molar-refractivity contribution in [1.29, 1.82) is 0 Å². The van der Waals surface area contributed by atoms with Crippen LogP contribution in [0.1, 0.15) is 0 Å². The highest BCUT2D eigenvalue weighted by Gasteiger charge is 2.19. The van der Waals surface area contributed by atoms with Crippen molar-refractivity contribution in [2.75, 3.05) is 39.4 Å². The molecule has 1 atom stereocenters. The van der Waals surface area contributed by atoms with Crippen LogP contribution in [0.25, 0.3) is 0 Å². The number of β-amino-alcohol motifs (C(OH)–C–C–N with tert-alkyl or cyclic N) is 1. The Kier molecular flexibility index (Phi) is 6.46. The normalized spacial score (nSPS) is 18.3. The van der Waals surface area contributed by atoms with Crippen LogP contribution in [0, 0.1) is 0 Å². The Morgan fingerprint density at radius 1 is 1.23 bits per heavy atom. The number of halogens is 2. The standard InChI is InChI=1S/C13H18Cl2N2O4S/c14-10-5-11(15)7-13(6-10)22(19,20)16-8-12(18)9-17-1-3-21-4-2-17/h5-7,12,16,18H,1-4,8-9H2. The first-order valence-corrected chi connectivity index (χ1v) is 9.04. The van der Waals surface area contributed by atoms with Gasteiger partial charge in [-0.05, 0) is 18.2 Å². The molecule has 1 aliphatic heterocycles. The number of nitrogens with zero attached hydrogens (tertiary/aromatic N) is 1. The van der Waals surface area contributed by atoms with Crippen molar-refractivity contribution >= 4 is 33.2 Å². The van der Waals surface area contributed by atoms with Crippen molar-refractivity contribution in [2.24, 2.45) is 0 Å². The second-order valence-corrected chi connectivity index (χ2v) is 7.66. The molecule has 0 amide bonds. The van der Waals surface area contributed by atoms with Crippen LogP contribution in [0.3, 0.4) is 0 Å². The molecule has 124 valence electrons. The van der Waals surface area contributed by atoms with Gasteiger partial charge < -0.3 is 9.84 Å². The van der Waals surface area contributed by atoms with Gasteiger partial charge in [0.25, 0.3) is 0 Å². The van der Waals surface area contributed by atoms with E-state index in [-0.39, 0.29) is 21.5 Å². The minimum atomic E-state index is -3.76. The van der Waals surface area contributed by atoms with Gasteiger partial charge in [0.2, 0.25) is 10.0 Å². The average Bonchev–Trinajstić information content (AvgIpc) is 2.45. The third-order valence-electron chi connectivity index (χ3n) is 3.23. The van der Waals surface area contributed by atoms with Crippen molar-refractivity contribution in [1.82, 2.24) is 9.62 Å². The molecule has 0 saturated carbocycles. The van der Waals surface area contributed by atoms with Gasteiger partial charge >= 0.3 is 0 Å². The lowest BCUT2D eigenvalue weighted by molar-refractivity contribution is 0.0158. The topological polar surface area (TPSA) is 78.9 Å². The molecule has 1 aromatic carbocycles. The summed E-state index contributed by atoms with van der Waals surface area (Å²) in [6.45, 7) is 3.02. The SMILES string of the molecule is O=S(=O)(NCC(O)CN1CCOCC1)c1cc(Cl)cc(Cl)c1. The zero-order valence-corrected chi connectivity index (χ0v) is 14.2. The Morgan fingerprint density at radius 3 is 2.41 bits per heavy atom. The highest BCUT2D eigenvalue weighted by molar-refractivity contribution is 7.89. The van der Waals surface area contributed by atoms with Crippen molar-refractivity contribution in [3.63, 3.8) is 0 Å². The van der Waals surface area contributed by atoms with Gasteiger partial charge in [-0.1, -0.05) is 23.2 Å². The number of sulfonamides is 1. The molecule has 22 heavy (non-hydrogen) atoms. The summed E-state index contributed by atoms with van der Waals surface area (Å²) < 4.78 is 31.9. The maximum atomic E-state index is 12.2. The molecule has 0 aromatic heterocycles. The second kappa shape index (κ2) is 7.92. The minimum Gasteiger partial charge on any atom is -0.390 e. The number of aliphatic hydroxyl groups is 1. The summed E-state index contributed by atoms with van der Waals surface area (Å²) in [7, 11) is -3.76. The number of hydrogen-bond donors (Lipinski definition) is 2. The summed E-state index contributed by atoms with van der Waals surface area (Å²) in [6, 6.07) is 4.07. The third kappa shape index (κ3) is 5.34. The van der Waals surface area contributed by atoms with E-state index in [2.05, 4.69) is 4.72 Å². The molecule has 9 heteroatoms. The fourth-order valence-electron chi connectivity index (χ4n) is 2.12. The summed E-state index contributed by atoms with van der Waals surface area (Å²) >= 11 is 11.6. The third-order valence-corrected chi connectivity index (χ3v) is 5.07. The fraction of sp³-hybridized carbons (Fsp3) is 0.538.